The van der Waals surface area contributed by atoms with Gasteiger partial charge in [0.2, 0.25) is 0 Å². The lowest BCUT2D eigenvalue weighted by molar-refractivity contribution is -0.143. The summed E-state index contributed by atoms with van der Waals surface area (Å²) in [5, 5.41) is 0. The molecule has 0 saturated heterocycles. The third-order valence-electron chi connectivity index (χ3n) is 7.02. The highest BCUT2D eigenvalue weighted by atomic mass is 79.9. The van der Waals surface area contributed by atoms with E-state index in [0.29, 0.717) is 19.8 Å². The molecule has 3 atom stereocenters. The van der Waals surface area contributed by atoms with Gasteiger partial charge in [0.15, 0.2) is 0 Å². The van der Waals surface area contributed by atoms with E-state index in [0.717, 1.165) is 50.1 Å². The largest absolute Gasteiger partial charge is 0.465 e. The molecule has 9 heteroatoms. The van der Waals surface area contributed by atoms with Gasteiger partial charge in [0.05, 0.1) is 19.8 Å². The van der Waals surface area contributed by atoms with E-state index in [-0.39, 0.29) is 17.9 Å². The van der Waals surface area contributed by atoms with Gasteiger partial charge in [-0.2, -0.15) is 0 Å². The van der Waals surface area contributed by atoms with E-state index in [2.05, 4.69) is 66.0 Å². The fourth-order valence-electron chi connectivity index (χ4n) is 4.72. The Morgan fingerprint density at radius 3 is 0.867 bits per heavy atom. The summed E-state index contributed by atoms with van der Waals surface area (Å²) < 4.78 is 15.5. The first-order valence-corrected chi connectivity index (χ1v) is 17.3. The van der Waals surface area contributed by atoms with Crippen molar-refractivity contribution in [1.82, 2.24) is 0 Å². The molecule has 0 amide bonds. The van der Waals surface area contributed by atoms with Crippen LogP contribution < -0.4 is 0 Å². The summed E-state index contributed by atoms with van der Waals surface area (Å²) in [4.78, 5) is 35.1. The third-order valence-corrected chi connectivity index (χ3v) is 9.73. The van der Waals surface area contributed by atoms with Crippen LogP contribution in [0.15, 0.2) is 91.0 Å². The van der Waals surface area contributed by atoms with Crippen LogP contribution in [-0.4, -0.2) is 37.7 Å². The second kappa shape index (κ2) is 16.3. The van der Waals surface area contributed by atoms with E-state index in [1.54, 1.807) is 20.8 Å². The number of carbonyl (C=O) groups excluding carboxylic acids is 3. The van der Waals surface area contributed by atoms with Crippen LogP contribution >= 0.6 is 47.8 Å². The lowest BCUT2D eigenvalue weighted by Crippen LogP contribution is -2.10. The highest BCUT2D eigenvalue weighted by Crippen LogP contribution is 2.36. The Kier molecular flexibility index (Phi) is 12.6. The lowest BCUT2D eigenvalue weighted by atomic mass is 9.92. The van der Waals surface area contributed by atoms with Crippen molar-refractivity contribution < 1.29 is 28.6 Å². The van der Waals surface area contributed by atoms with Crippen molar-refractivity contribution in [2.75, 3.05) is 19.8 Å². The Labute approximate surface area is 288 Å². The molecule has 0 fully saturated rings. The van der Waals surface area contributed by atoms with Crippen LogP contribution in [-0.2, 0) is 28.6 Å². The number of alkyl halides is 3. The van der Waals surface area contributed by atoms with Gasteiger partial charge in [-0.1, -0.05) is 121 Å². The van der Waals surface area contributed by atoms with Gasteiger partial charge in [0.1, 0.15) is 14.5 Å². The maximum Gasteiger partial charge on any atom is 0.324 e. The number of ether oxygens (including phenoxy) is 3. The van der Waals surface area contributed by atoms with Crippen molar-refractivity contribution in [2.24, 2.45) is 0 Å². The quantitative estimate of drug-likeness (QED) is 0.0807. The Balaban J connectivity index is 1.73. The molecule has 3 unspecified atom stereocenters. The summed E-state index contributed by atoms with van der Waals surface area (Å²) in [6, 6.07) is 29.8. The van der Waals surface area contributed by atoms with E-state index < -0.39 is 14.5 Å². The molecule has 6 nitrogen and oxygen atoms in total. The zero-order valence-corrected chi connectivity index (χ0v) is 29.9. The molecule has 45 heavy (non-hydrogen) atoms. The standard InChI is InChI=1S/C36H33Br3O6/c1-4-43-34(40)31(37)25-13-7-22(8-14-25)28-19-29(23-9-15-26(16-10-23)32(38)35(41)44-5-2)21-30(20-28)24-11-17-27(18-12-24)33(39)36(42)45-6-3/h7-21,31-33H,4-6H2,1-3H3. The number of rotatable bonds is 12. The van der Waals surface area contributed by atoms with Gasteiger partial charge in [-0.05, 0) is 89.0 Å². The number of hydrogen-bond donors (Lipinski definition) is 0. The molecule has 0 bridgehead atoms. The molecule has 0 radical (unpaired) electrons. The summed E-state index contributed by atoms with van der Waals surface area (Å²) in [6.07, 6.45) is 0. The molecule has 234 valence electrons. The van der Waals surface area contributed by atoms with E-state index in [9.17, 15) is 14.4 Å². The normalized spacial score (nSPS) is 12.9. The van der Waals surface area contributed by atoms with Crippen LogP contribution in [0.25, 0.3) is 33.4 Å². The number of carbonyl (C=O) groups is 3. The fraction of sp³-hybridized carbons (Fsp3) is 0.250. The molecule has 0 spiro atoms. The van der Waals surface area contributed by atoms with Gasteiger partial charge in [0, 0.05) is 0 Å². The molecule has 4 rings (SSSR count). The number of esters is 3. The van der Waals surface area contributed by atoms with E-state index in [4.69, 9.17) is 14.2 Å². The van der Waals surface area contributed by atoms with Gasteiger partial charge >= 0.3 is 17.9 Å². The van der Waals surface area contributed by atoms with Gasteiger partial charge in [-0.3, -0.25) is 14.4 Å². The summed E-state index contributed by atoms with van der Waals surface area (Å²) in [6.45, 7) is 6.29. The number of hydrogen-bond acceptors (Lipinski definition) is 6. The first kappa shape index (κ1) is 34.6. The van der Waals surface area contributed by atoms with E-state index in [1.165, 1.54) is 0 Å². The fourth-order valence-corrected chi connectivity index (χ4v) is 6.03. The Morgan fingerprint density at radius 1 is 0.444 bits per heavy atom. The Morgan fingerprint density at radius 2 is 0.667 bits per heavy atom. The SMILES string of the molecule is CCOC(=O)C(Br)c1ccc(-c2cc(-c3ccc(C(Br)C(=O)OCC)cc3)cc(-c3ccc(C(Br)C(=O)OCC)cc3)c2)cc1. The van der Waals surface area contributed by atoms with Crippen LogP contribution in [0, 0.1) is 0 Å². The van der Waals surface area contributed by atoms with E-state index >= 15 is 0 Å². The molecule has 0 N–H and O–H groups in total. The minimum Gasteiger partial charge on any atom is -0.465 e. The molecule has 0 heterocycles. The van der Waals surface area contributed by atoms with Crippen LogP contribution in [0.1, 0.15) is 51.9 Å². The summed E-state index contributed by atoms with van der Waals surface area (Å²) >= 11 is 10.3. The maximum absolute atomic E-state index is 12.2. The smallest absolute Gasteiger partial charge is 0.324 e. The molecule has 0 aliphatic carbocycles. The van der Waals surface area contributed by atoms with E-state index in [1.807, 2.05) is 72.8 Å². The zero-order chi connectivity index (χ0) is 32.5. The molecular formula is C36H33Br3O6. The molecule has 0 saturated carbocycles. The Bertz CT molecular complexity index is 1410. The first-order valence-electron chi connectivity index (χ1n) is 14.5. The van der Waals surface area contributed by atoms with Crippen molar-refractivity contribution in [3.8, 4) is 33.4 Å². The number of benzene rings is 4. The molecular weight excluding hydrogens is 768 g/mol. The second-order valence-electron chi connectivity index (χ2n) is 10.0. The van der Waals surface area contributed by atoms with Crippen LogP contribution in [0.3, 0.4) is 0 Å². The predicted octanol–water partition coefficient (Wildman–Crippen LogP) is 9.68. The van der Waals surface area contributed by atoms with Crippen molar-refractivity contribution in [1.29, 1.82) is 0 Å². The van der Waals surface area contributed by atoms with Gasteiger partial charge < -0.3 is 14.2 Å². The lowest BCUT2D eigenvalue weighted by Gasteiger charge is -2.14. The first-order chi connectivity index (χ1) is 21.7. The molecule has 4 aromatic carbocycles. The monoisotopic (exact) mass is 798 g/mol. The minimum atomic E-state index is -0.550. The predicted molar refractivity (Wildman–Crippen MR) is 188 cm³/mol. The van der Waals surface area contributed by atoms with Gasteiger partial charge in [-0.25, -0.2) is 0 Å². The maximum atomic E-state index is 12.2. The van der Waals surface area contributed by atoms with Crippen molar-refractivity contribution >= 4 is 65.7 Å². The van der Waals surface area contributed by atoms with Crippen molar-refractivity contribution in [2.45, 2.75) is 35.3 Å². The highest BCUT2D eigenvalue weighted by molar-refractivity contribution is 9.10. The molecule has 0 aliphatic heterocycles. The van der Waals surface area contributed by atoms with Gasteiger partial charge in [-0.15, -0.1) is 0 Å². The summed E-state index contributed by atoms with van der Waals surface area (Å²) in [7, 11) is 0. The summed E-state index contributed by atoms with van der Waals surface area (Å²) in [5.74, 6) is -0.990. The van der Waals surface area contributed by atoms with Crippen LogP contribution in [0.4, 0.5) is 0 Å². The van der Waals surface area contributed by atoms with Crippen LogP contribution in [0.2, 0.25) is 0 Å². The third kappa shape index (κ3) is 8.71. The summed E-state index contributed by atoms with van der Waals surface area (Å²) in [5.41, 5.74) is 8.29. The molecule has 4 aromatic rings. The van der Waals surface area contributed by atoms with Crippen molar-refractivity contribution in [3.63, 3.8) is 0 Å². The average Bonchev–Trinajstić information content (AvgIpc) is 3.07. The second-order valence-corrected chi connectivity index (χ2v) is 12.8. The Hall–Kier alpha value is -3.27. The topological polar surface area (TPSA) is 78.9 Å². The zero-order valence-electron chi connectivity index (χ0n) is 25.1. The molecule has 0 aliphatic rings. The molecule has 0 aromatic heterocycles. The highest BCUT2D eigenvalue weighted by Gasteiger charge is 2.21. The van der Waals surface area contributed by atoms with Gasteiger partial charge in [0.25, 0.3) is 0 Å². The van der Waals surface area contributed by atoms with Crippen LogP contribution in [0.5, 0.6) is 0 Å². The average molecular weight is 801 g/mol. The minimum absolute atomic E-state index is 0.314. The number of halogens is 3. The van der Waals surface area contributed by atoms with Crippen molar-refractivity contribution in [3.05, 3.63) is 108 Å².